The van der Waals surface area contributed by atoms with Crippen LogP contribution in [0.3, 0.4) is 0 Å². The first kappa shape index (κ1) is 19.5. The van der Waals surface area contributed by atoms with E-state index in [4.69, 9.17) is 4.74 Å². The number of thioether (sulfide) groups is 1. The number of hydrogen-bond acceptors (Lipinski definition) is 5. The third-order valence-corrected chi connectivity index (χ3v) is 6.42. The molecule has 29 heavy (non-hydrogen) atoms. The highest BCUT2D eigenvalue weighted by Crippen LogP contribution is 2.33. The maximum Gasteiger partial charge on any atom is 0.247 e. The van der Waals surface area contributed by atoms with Crippen molar-refractivity contribution in [3.63, 3.8) is 0 Å². The molecular formula is C22H22N2O4S. The summed E-state index contributed by atoms with van der Waals surface area (Å²) in [6, 6.07) is 14.7. The highest BCUT2D eigenvalue weighted by atomic mass is 32.2. The van der Waals surface area contributed by atoms with Crippen molar-refractivity contribution in [1.29, 1.82) is 0 Å². The van der Waals surface area contributed by atoms with Crippen LogP contribution in [-0.4, -0.2) is 42.4 Å². The third kappa shape index (κ3) is 3.87. The van der Waals surface area contributed by atoms with Gasteiger partial charge in [0.05, 0.1) is 23.8 Å². The van der Waals surface area contributed by atoms with Crippen molar-refractivity contribution < 1.29 is 19.1 Å². The molecule has 4 rings (SSSR count). The molecule has 0 spiro atoms. The van der Waals surface area contributed by atoms with Gasteiger partial charge in [0.1, 0.15) is 5.75 Å². The predicted octanol–water partition coefficient (Wildman–Crippen LogP) is 3.04. The molecule has 2 aliphatic heterocycles. The van der Waals surface area contributed by atoms with E-state index in [9.17, 15) is 14.4 Å². The lowest BCUT2D eigenvalue weighted by molar-refractivity contribution is -0.121. The summed E-state index contributed by atoms with van der Waals surface area (Å²) in [5, 5.41) is -0.521. The average molecular weight is 410 g/mol. The first-order valence-corrected chi connectivity index (χ1v) is 10.6. The topological polar surface area (TPSA) is 66.9 Å². The molecule has 0 radical (unpaired) electrons. The summed E-state index contributed by atoms with van der Waals surface area (Å²) in [5.74, 6) is 0.435. The van der Waals surface area contributed by atoms with E-state index in [1.54, 1.807) is 36.3 Å². The molecule has 1 fully saturated rings. The SMILES string of the molecule is COc1ccc2c(c1)CCCN2C(=O)CSC1CC(=O)N(c2ccccc2)C1=O. The van der Waals surface area contributed by atoms with Crippen LogP contribution in [-0.2, 0) is 20.8 Å². The molecule has 1 unspecified atom stereocenters. The zero-order valence-corrected chi connectivity index (χ0v) is 17.0. The van der Waals surface area contributed by atoms with Gasteiger partial charge in [-0.05, 0) is 48.7 Å². The molecule has 6 nitrogen and oxygen atoms in total. The van der Waals surface area contributed by atoms with Gasteiger partial charge >= 0.3 is 0 Å². The second kappa shape index (κ2) is 8.29. The Hall–Kier alpha value is -2.80. The number of aryl methyl sites for hydroxylation is 1. The van der Waals surface area contributed by atoms with Gasteiger partial charge in [0.2, 0.25) is 17.7 Å². The molecule has 0 bridgehead atoms. The van der Waals surface area contributed by atoms with Crippen LogP contribution >= 0.6 is 11.8 Å². The summed E-state index contributed by atoms with van der Waals surface area (Å²) >= 11 is 1.25. The number of benzene rings is 2. The zero-order chi connectivity index (χ0) is 20.4. The number of fused-ring (bicyclic) bond motifs is 1. The third-order valence-electron chi connectivity index (χ3n) is 5.23. The number of methoxy groups -OCH3 is 1. The quantitative estimate of drug-likeness (QED) is 0.709. The van der Waals surface area contributed by atoms with Crippen molar-refractivity contribution in [2.75, 3.05) is 29.2 Å². The lowest BCUT2D eigenvalue weighted by Gasteiger charge is -2.30. The van der Waals surface area contributed by atoms with E-state index >= 15 is 0 Å². The molecule has 1 atom stereocenters. The Morgan fingerprint density at radius 3 is 2.72 bits per heavy atom. The standard InChI is InChI=1S/C22H22N2O4S/c1-28-17-9-10-18-15(12-17)6-5-11-23(18)21(26)14-29-19-13-20(25)24(22(19)27)16-7-3-2-4-8-16/h2-4,7-10,12,19H,5-6,11,13-14H2,1H3. The number of hydrogen-bond donors (Lipinski definition) is 0. The minimum Gasteiger partial charge on any atom is -0.497 e. The normalized spacial score (nSPS) is 18.7. The number of carbonyl (C=O) groups excluding carboxylic acids is 3. The van der Waals surface area contributed by atoms with Gasteiger partial charge < -0.3 is 9.64 Å². The Morgan fingerprint density at radius 1 is 1.17 bits per heavy atom. The number of ether oxygens (including phenoxy) is 1. The van der Waals surface area contributed by atoms with Crippen molar-refractivity contribution in [2.24, 2.45) is 0 Å². The lowest BCUT2D eigenvalue weighted by Crippen LogP contribution is -2.37. The van der Waals surface area contributed by atoms with E-state index in [0.717, 1.165) is 29.8 Å². The Balaban J connectivity index is 1.42. The molecule has 7 heteroatoms. The Morgan fingerprint density at radius 2 is 1.97 bits per heavy atom. The highest BCUT2D eigenvalue weighted by Gasteiger charge is 2.40. The van der Waals surface area contributed by atoms with Gasteiger partial charge in [-0.1, -0.05) is 18.2 Å². The van der Waals surface area contributed by atoms with Crippen LogP contribution in [0.15, 0.2) is 48.5 Å². The second-order valence-corrected chi connectivity index (χ2v) is 8.24. The van der Waals surface area contributed by atoms with E-state index in [2.05, 4.69) is 0 Å². The van der Waals surface area contributed by atoms with Crippen LogP contribution in [0.4, 0.5) is 11.4 Å². The Kier molecular flexibility index (Phi) is 5.58. The number of amides is 3. The van der Waals surface area contributed by atoms with Gasteiger partial charge in [-0.3, -0.25) is 14.4 Å². The summed E-state index contributed by atoms with van der Waals surface area (Å²) in [6.07, 6.45) is 1.92. The zero-order valence-electron chi connectivity index (χ0n) is 16.2. The number of anilines is 2. The van der Waals surface area contributed by atoms with Crippen LogP contribution < -0.4 is 14.5 Å². The average Bonchev–Trinajstić information content (AvgIpc) is 3.04. The first-order chi connectivity index (χ1) is 14.1. The summed E-state index contributed by atoms with van der Waals surface area (Å²) in [5.41, 5.74) is 2.58. The molecule has 0 aromatic heterocycles. The van der Waals surface area contributed by atoms with Gasteiger partial charge in [-0.25, -0.2) is 4.90 Å². The van der Waals surface area contributed by atoms with E-state index in [1.165, 1.54) is 16.7 Å². The van der Waals surface area contributed by atoms with Crippen LogP contribution in [0.1, 0.15) is 18.4 Å². The fourth-order valence-electron chi connectivity index (χ4n) is 3.79. The maximum absolute atomic E-state index is 12.9. The van der Waals surface area contributed by atoms with Crippen molar-refractivity contribution in [3.8, 4) is 5.75 Å². The molecule has 150 valence electrons. The smallest absolute Gasteiger partial charge is 0.247 e. The van der Waals surface area contributed by atoms with E-state index in [1.807, 2.05) is 24.3 Å². The van der Waals surface area contributed by atoms with Crippen molar-refractivity contribution >= 4 is 40.9 Å². The van der Waals surface area contributed by atoms with E-state index < -0.39 is 5.25 Å². The molecular weight excluding hydrogens is 388 g/mol. The maximum atomic E-state index is 12.9. The summed E-state index contributed by atoms with van der Waals surface area (Å²) in [7, 11) is 1.63. The van der Waals surface area contributed by atoms with Gasteiger partial charge in [0.25, 0.3) is 0 Å². The minimum absolute atomic E-state index is 0.0421. The summed E-state index contributed by atoms with van der Waals surface area (Å²) in [6.45, 7) is 0.659. The fraction of sp³-hybridized carbons (Fsp3) is 0.318. The van der Waals surface area contributed by atoms with E-state index in [0.29, 0.717) is 12.2 Å². The van der Waals surface area contributed by atoms with E-state index in [-0.39, 0.29) is 29.9 Å². The predicted molar refractivity (Wildman–Crippen MR) is 113 cm³/mol. The molecule has 2 aromatic rings. The van der Waals surface area contributed by atoms with Gasteiger partial charge in [0, 0.05) is 18.7 Å². The first-order valence-electron chi connectivity index (χ1n) is 9.59. The molecule has 0 N–H and O–H groups in total. The monoisotopic (exact) mass is 410 g/mol. The van der Waals surface area contributed by atoms with Crippen molar-refractivity contribution in [3.05, 3.63) is 54.1 Å². The largest absolute Gasteiger partial charge is 0.497 e. The van der Waals surface area contributed by atoms with Crippen LogP contribution in [0, 0.1) is 0 Å². The highest BCUT2D eigenvalue weighted by molar-refractivity contribution is 8.01. The second-order valence-electron chi connectivity index (χ2n) is 7.05. The van der Waals surface area contributed by atoms with Gasteiger partial charge in [-0.15, -0.1) is 11.8 Å². The number of para-hydroxylation sites is 1. The van der Waals surface area contributed by atoms with Crippen LogP contribution in [0.2, 0.25) is 0 Å². The molecule has 2 aliphatic rings. The molecule has 3 amide bonds. The molecule has 0 saturated carbocycles. The molecule has 1 saturated heterocycles. The van der Waals surface area contributed by atoms with Crippen molar-refractivity contribution in [1.82, 2.24) is 0 Å². The van der Waals surface area contributed by atoms with Gasteiger partial charge in [-0.2, -0.15) is 0 Å². The number of imide groups is 1. The molecule has 2 aromatic carbocycles. The lowest BCUT2D eigenvalue weighted by atomic mass is 10.0. The summed E-state index contributed by atoms with van der Waals surface area (Å²) in [4.78, 5) is 41.0. The molecule has 0 aliphatic carbocycles. The number of nitrogens with zero attached hydrogens (tertiary/aromatic N) is 2. The van der Waals surface area contributed by atoms with Crippen molar-refractivity contribution in [2.45, 2.75) is 24.5 Å². The fourth-order valence-corrected chi connectivity index (χ4v) is 4.80. The number of rotatable bonds is 5. The Labute approximate surface area is 173 Å². The Bertz CT molecular complexity index is 947. The molecule has 2 heterocycles. The van der Waals surface area contributed by atoms with Gasteiger partial charge in [0.15, 0.2) is 0 Å². The number of carbonyl (C=O) groups is 3. The van der Waals surface area contributed by atoms with Crippen LogP contribution in [0.25, 0.3) is 0 Å². The summed E-state index contributed by atoms with van der Waals surface area (Å²) < 4.78 is 5.28. The van der Waals surface area contributed by atoms with Crippen LogP contribution in [0.5, 0.6) is 5.75 Å². The minimum atomic E-state index is -0.521.